The number of nitrogens with zero attached hydrogens (tertiary/aromatic N) is 2. The van der Waals surface area contributed by atoms with Gasteiger partial charge in [0.25, 0.3) is 5.91 Å². The smallest absolute Gasteiger partial charge is 0.251 e. The van der Waals surface area contributed by atoms with Gasteiger partial charge in [-0.3, -0.25) is 14.6 Å². The van der Waals surface area contributed by atoms with Crippen molar-refractivity contribution in [3.8, 4) is 5.75 Å². The molecule has 0 radical (unpaired) electrons. The molecule has 0 aliphatic carbocycles. The highest BCUT2D eigenvalue weighted by molar-refractivity contribution is 5.97. The molecule has 45 heavy (non-hydrogen) atoms. The van der Waals surface area contributed by atoms with Crippen LogP contribution in [0.1, 0.15) is 79.7 Å². The van der Waals surface area contributed by atoms with E-state index in [4.69, 9.17) is 0 Å². The number of fused-ring (bicyclic) bond motifs is 1. The molecule has 4 rings (SSSR count). The number of hydrogen-bond acceptors (Lipinski definition) is 6. The molecule has 238 valence electrons. The van der Waals surface area contributed by atoms with Crippen LogP contribution in [0.25, 0.3) is 10.8 Å². The van der Waals surface area contributed by atoms with Gasteiger partial charge in [0.2, 0.25) is 5.91 Å². The normalized spacial score (nSPS) is 12.6. The van der Waals surface area contributed by atoms with Crippen molar-refractivity contribution >= 4 is 22.6 Å². The maximum absolute atomic E-state index is 13.7. The number of carbonyl (C=O) groups excluding carboxylic acids is 2. The Morgan fingerprint density at radius 1 is 0.844 bits per heavy atom. The number of aromatic hydroxyl groups is 1. The minimum atomic E-state index is -0.660. The molecule has 0 spiro atoms. The maximum Gasteiger partial charge on any atom is 0.251 e. The van der Waals surface area contributed by atoms with Gasteiger partial charge in [-0.05, 0) is 98.4 Å². The van der Waals surface area contributed by atoms with E-state index in [0.29, 0.717) is 30.8 Å². The second-order valence-electron chi connectivity index (χ2n) is 11.6. The summed E-state index contributed by atoms with van der Waals surface area (Å²) in [5.41, 5.74) is 3.12. The van der Waals surface area contributed by atoms with Crippen molar-refractivity contribution in [1.29, 1.82) is 0 Å². The molecule has 2 amide bonds. The minimum absolute atomic E-state index is 0.158. The number of amides is 2. The van der Waals surface area contributed by atoms with Crippen molar-refractivity contribution in [1.82, 2.24) is 25.8 Å². The largest absolute Gasteiger partial charge is 0.506 e. The molecule has 0 saturated carbocycles. The number of benzene rings is 3. The van der Waals surface area contributed by atoms with Crippen LogP contribution < -0.4 is 16.0 Å². The molecule has 0 aliphatic rings. The molecule has 8 nitrogen and oxygen atoms in total. The molecule has 0 aliphatic heterocycles. The van der Waals surface area contributed by atoms with Crippen LogP contribution in [0.15, 0.2) is 85.1 Å². The van der Waals surface area contributed by atoms with E-state index < -0.39 is 6.04 Å². The fourth-order valence-electron chi connectivity index (χ4n) is 5.68. The highest BCUT2D eigenvalue weighted by Gasteiger charge is 2.24. The van der Waals surface area contributed by atoms with Crippen LogP contribution in [-0.4, -0.2) is 52.5 Å². The summed E-state index contributed by atoms with van der Waals surface area (Å²) >= 11 is 0. The zero-order valence-corrected chi connectivity index (χ0v) is 26.8. The number of hydrogen-bond donors (Lipinski definition) is 4. The van der Waals surface area contributed by atoms with Crippen LogP contribution in [0.4, 0.5) is 0 Å². The minimum Gasteiger partial charge on any atom is -0.506 e. The van der Waals surface area contributed by atoms with Crippen molar-refractivity contribution in [2.24, 2.45) is 0 Å². The second-order valence-corrected chi connectivity index (χ2v) is 11.6. The van der Waals surface area contributed by atoms with Gasteiger partial charge in [0, 0.05) is 24.8 Å². The molecule has 0 fully saturated rings. The number of rotatable bonds is 17. The Labute approximate surface area is 267 Å². The maximum atomic E-state index is 13.7. The van der Waals surface area contributed by atoms with E-state index in [0.717, 1.165) is 60.8 Å². The van der Waals surface area contributed by atoms with Crippen molar-refractivity contribution in [2.75, 3.05) is 19.6 Å². The van der Waals surface area contributed by atoms with E-state index in [2.05, 4.69) is 57.9 Å². The predicted octanol–water partition coefficient (Wildman–Crippen LogP) is 6.11. The number of pyridine rings is 1. The van der Waals surface area contributed by atoms with Gasteiger partial charge in [0.05, 0.1) is 11.7 Å². The molecule has 4 N–H and O–H groups in total. The first kappa shape index (κ1) is 33.6. The van der Waals surface area contributed by atoms with Crippen molar-refractivity contribution in [3.05, 3.63) is 107 Å². The number of nitrogens with one attached hydrogen (secondary N) is 3. The molecule has 0 saturated heterocycles. The number of carbonyl (C=O) groups is 2. The van der Waals surface area contributed by atoms with E-state index in [9.17, 15) is 14.7 Å². The quantitative estimate of drug-likeness (QED) is 0.115. The Morgan fingerprint density at radius 3 is 2.31 bits per heavy atom. The molecule has 0 unspecified atom stereocenters. The lowest BCUT2D eigenvalue weighted by atomic mass is 9.99. The van der Waals surface area contributed by atoms with Crippen molar-refractivity contribution < 1.29 is 14.7 Å². The first-order chi connectivity index (χ1) is 21.9. The molecule has 2 atom stereocenters. The van der Waals surface area contributed by atoms with E-state index in [1.165, 1.54) is 0 Å². The summed E-state index contributed by atoms with van der Waals surface area (Å²) in [5, 5.41) is 21.6. The van der Waals surface area contributed by atoms with Gasteiger partial charge in [-0.25, -0.2) is 0 Å². The van der Waals surface area contributed by atoms with Crippen LogP contribution in [0.2, 0.25) is 0 Å². The lowest BCUT2D eigenvalue weighted by Crippen LogP contribution is -2.47. The van der Waals surface area contributed by atoms with Crippen LogP contribution in [0.3, 0.4) is 0 Å². The monoisotopic (exact) mass is 609 g/mol. The van der Waals surface area contributed by atoms with Gasteiger partial charge in [-0.15, -0.1) is 0 Å². The highest BCUT2D eigenvalue weighted by Crippen LogP contribution is 2.24. The third kappa shape index (κ3) is 9.86. The summed E-state index contributed by atoms with van der Waals surface area (Å²) in [6.07, 6.45) is 5.17. The SMILES string of the molecule is CCCN(CCC)CCC[C@H](NC(=O)c1ccc(CNCc2ncccc2O)cc1)C(=O)N[C@@H](C)c1cccc2ccccc12. The Morgan fingerprint density at radius 2 is 1.58 bits per heavy atom. The van der Waals surface area contributed by atoms with E-state index >= 15 is 0 Å². The highest BCUT2D eigenvalue weighted by atomic mass is 16.3. The molecule has 0 bridgehead atoms. The van der Waals surface area contributed by atoms with Gasteiger partial charge in [-0.2, -0.15) is 0 Å². The third-order valence-electron chi connectivity index (χ3n) is 8.02. The van der Waals surface area contributed by atoms with Gasteiger partial charge in [-0.1, -0.05) is 68.4 Å². The lowest BCUT2D eigenvalue weighted by Gasteiger charge is -2.25. The molecule has 3 aromatic carbocycles. The molecular formula is C37H47N5O3. The molecular weight excluding hydrogens is 562 g/mol. The first-order valence-electron chi connectivity index (χ1n) is 16.1. The van der Waals surface area contributed by atoms with Gasteiger partial charge >= 0.3 is 0 Å². The Hall–Kier alpha value is -4.27. The van der Waals surface area contributed by atoms with Crippen molar-refractivity contribution in [2.45, 2.75) is 71.6 Å². The van der Waals surface area contributed by atoms with E-state index in [-0.39, 0.29) is 23.6 Å². The van der Waals surface area contributed by atoms with Gasteiger partial charge < -0.3 is 26.0 Å². The van der Waals surface area contributed by atoms with Crippen LogP contribution >= 0.6 is 0 Å². The third-order valence-corrected chi connectivity index (χ3v) is 8.02. The summed E-state index contributed by atoms with van der Waals surface area (Å²) in [7, 11) is 0. The summed E-state index contributed by atoms with van der Waals surface area (Å²) in [4.78, 5) is 33.7. The van der Waals surface area contributed by atoms with Crippen LogP contribution in [0.5, 0.6) is 5.75 Å². The molecule has 1 aromatic heterocycles. The zero-order chi connectivity index (χ0) is 32.0. The standard InChI is InChI=1S/C37H47N5O3/c1-4-22-42(23-5-2)24-10-15-33(37(45)40-27(3)31-14-8-12-29-11-6-7-13-32(29)31)41-36(44)30-19-17-28(18-20-30)25-38-26-34-35(43)16-9-21-39-34/h6-9,11-14,16-21,27,33,38,43H,4-5,10,15,22-26H2,1-3H3,(H,40,45)(H,41,44)/t27-,33-/m0/s1. The fourth-order valence-corrected chi connectivity index (χ4v) is 5.68. The Balaban J connectivity index is 1.41. The lowest BCUT2D eigenvalue weighted by molar-refractivity contribution is -0.123. The predicted molar refractivity (Wildman–Crippen MR) is 181 cm³/mol. The summed E-state index contributed by atoms with van der Waals surface area (Å²) in [5.74, 6) is -0.296. The summed E-state index contributed by atoms with van der Waals surface area (Å²) in [6.45, 7) is 10.3. The fraction of sp³-hybridized carbons (Fsp3) is 0.378. The first-order valence-corrected chi connectivity index (χ1v) is 16.1. The van der Waals surface area contributed by atoms with Gasteiger partial charge in [0.1, 0.15) is 11.8 Å². The second kappa shape index (κ2) is 17.3. The average molecular weight is 610 g/mol. The molecule has 8 heteroatoms. The topological polar surface area (TPSA) is 107 Å². The molecule has 1 heterocycles. The Bertz CT molecular complexity index is 1510. The summed E-state index contributed by atoms with van der Waals surface area (Å²) < 4.78 is 0. The Kier molecular flexibility index (Phi) is 12.9. The van der Waals surface area contributed by atoms with Crippen molar-refractivity contribution in [3.63, 3.8) is 0 Å². The van der Waals surface area contributed by atoms with Gasteiger partial charge in [0.15, 0.2) is 0 Å². The van der Waals surface area contributed by atoms with Crippen LogP contribution in [0, 0.1) is 0 Å². The average Bonchev–Trinajstić information content (AvgIpc) is 3.05. The van der Waals surface area contributed by atoms with Crippen LogP contribution in [-0.2, 0) is 17.9 Å². The molecule has 4 aromatic rings. The van der Waals surface area contributed by atoms with E-state index in [1.54, 1.807) is 30.5 Å². The van der Waals surface area contributed by atoms with E-state index in [1.807, 2.05) is 43.3 Å². The number of aromatic nitrogens is 1. The zero-order valence-electron chi connectivity index (χ0n) is 26.8. The summed E-state index contributed by atoms with van der Waals surface area (Å²) in [6, 6.07) is 24.1.